The van der Waals surface area contributed by atoms with Crippen molar-refractivity contribution in [3.05, 3.63) is 95.3 Å². The van der Waals surface area contributed by atoms with E-state index in [1.807, 2.05) is 54.6 Å². The number of aliphatic imine (C=N–C) groups is 1. The molecule has 0 saturated carbocycles. The highest BCUT2D eigenvalue weighted by Gasteiger charge is 2.16. The zero-order valence-electron chi connectivity index (χ0n) is 15.4. The number of allylic oxidation sites excluding steroid dienone is 1. The molecule has 2 heterocycles. The Labute approximate surface area is 168 Å². The Bertz CT molecular complexity index is 1070. The molecule has 0 bridgehead atoms. The van der Waals surface area contributed by atoms with Crippen LogP contribution in [0.3, 0.4) is 0 Å². The van der Waals surface area contributed by atoms with Gasteiger partial charge >= 0.3 is 0 Å². The first kappa shape index (κ1) is 18.2. The van der Waals surface area contributed by atoms with E-state index >= 15 is 0 Å². The Balaban J connectivity index is 1.54. The van der Waals surface area contributed by atoms with E-state index in [2.05, 4.69) is 33.5 Å². The zero-order chi connectivity index (χ0) is 19.3. The maximum absolute atomic E-state index is 12.1. The Morgan fingerprint density at radius 2 is 1.93 bits per heavy atom. The first-order chi connectivity index (χ1) is 13.7. The summed E-state index contributed by atoms with van der Waals surface area (Å²) >= 11 is 1.60. The van der Waals surface area contributed by atoms with Crippen molar-refractivity contribution in [1.82, 2.24) is 10.3 Å². The molecule has 5 heteroatoms. The second-order valence-corrected chi connectivity index (χ2v) is 7.40. The maximum Gasteiger partial charge on any atom is 0.252 e. The van der Waals surface area contributed by atoms with Gasteiger partial charge in [0.25, 0.3) is 5.91 Å². The lowest BCUT2D eigenvalue weighted by molar-refractivity contribution is 0.0960. The molecule has 0 radical (unpaired) electrons. The van der Waals surface area contributed by atoms with Crippen molar-refractivity contribution in [2.75, 3.05) is 7.05 Å². The molecule has 1 aliphatic heterocycles. The quantitative estimate of drug-likeness (QED) is 0.698. The molecular formula is C23H19N3OS. The number of carbonyl (C=O) groups is 1. The van der Waals surface area contributed by atoms with E-state index in [0.717, 1.165) is 26.8 Å². The van der Waals surface area contributed by atoms with E-state index in [9.17, 15) is 4.79 Å². The fourth-order valence-corrected chi connectivity index (χ4v) is 4.06. The largest absolute Gasteiger partial charge is 0.355 e. The number of aromatic nitrogens is 1. The molecule has 1 aromatic heterocycles. The van der Waals surface area contributed by atoms with Crippen LogP contribution in [0, 0.1) is 0 Å². The molecule has 1 amide bonds. The third-order valence-electron chi connectivity index (χ3n) is 4.46. The molecular weight excluding hydrogens is 366 g/mol. The number of benzene rings is 2. The van der Waals surface area contributed by atoms with Gasteiger partial charge in [0, 0.05) is 28.6 Å². The summed E-state index contributed by atoms with van der Waals surface area (Å²) in [5.41, 5.74) is 4.92. The van der Waals surface area contributed by atoms with E-state index in [1.165, 1.54) is 5.56 Å². The van der Waals surface area contributed by atoms with Crippen LogP contribution in [0.1, 0.15) is 27.2 Å². The molecule has 138 valence electrons. The Morgan fingerprint density at radius 1 is 1.07 bits per heavy atom. The van der Waals surface area contributed by atoms with Crippen molar-refractivity contribution in [2.24, 2.45) is 4.99 Å². The maximum atomic E-state index is 12.1. The highest BCUT2D eigenvalue weighted by atomic mass is 32.2. The molecule has 0 saturated heterocycles. The highest BCUT2D eigenvalue weighted by Crippen LogP contribution is 2.33. The van der Waals surface area contributed by atoms with Crippen molar-refractivity contribution in [3.8, 4) is 0 Å². The van der Waals surface area contributed by atoms with Crippen molar-refractivity contribution in [3.63, 3.8) is 0 Å². The number of hydrogen-bond donors (Lipinski definition) is 1. The summed E-state index contributed by atoms with van der Waals surface area (Å²) in [5.74, 6) is -0.0745. The van der Waals surface area contributed by atoms with Gasteiger partial charge in [-0.3, -0.25) is 14.8 Å². The summed E-state index contributed by atoms with van der Waals surface area (Å²) in [6.07, 6.45) is 5.78. The summed E-state index contributed by atoms with van der Waals surface area (Å²) in [7, 11) is 1.65. The van der Waals surface area contributed by atoms with Crippen LogP contribution >= 0.6 is 11.8 Å². The van der Waals surface area contributed by atoms with Crippen LogP contribution in [0.15, 0.2) is 87.7 Å². The van der Waals surface area contributed by atoms with E-state index < -0.39 is 0 Å². The number of amides is 1. The number of nitrogens with one attached hydrogen (secondary N) is 1. The summed E-state index contributed by atoms with van der Waals surface area (Å²) in [6, 6.07) is 19.8. The predicted molar refractivity (Wildman–Crippen MR) is 114 cm³/mol. The minimum absolute atomic E-state index is 0.0745. The van der Waals surface area contributed by atoms with Gasteiger partial charge in [-0.1, -0.05) is 36.0 Å². The van der Waals surface area contributed by atoms with Crippen molar-refractivity contribution < 1.29 is 4.79 Å². The second kappa shape index (κ2) is 8.23. The third kappa shape index (κ3) is 3.89. The minimum Gasteiger partial charge on any atom is -0.355 e. The molecule has 1 N–H and O–H groups in total. The lowest BCUT2D eigenvalue weighted by atomic mass is 10.1. The fraction of sp³-hybridized carbons (Fsp3) is 0.0870. The molecule has 0 aliphatic carbocycles. The molecule has 4 nitrogen and oxygen atoms in total. The second-order valence-electron chi connectivity index (χ2n) is 6.29. The van der Waals surface area contributed by atoms with E-state index in [4.69, 9.17) is 0 Å². The van der Waals surface area contributed by atoms with Crippen LogP contribution in [0.25, 0.3) is 6.08 Å². The van der Waals surface area contributed by atoms with Gasteiger partial charge in [-0.25, -0.2) is 0 Å². The molecule has 1 aliphatic rings. The monoisotopic (exact) mass is 385 g/mol. The lowest BCUT2D eigenvalue weighted by Crippen LogP contribution is -2.18. The summed E-state index contributed by atoms with van der Waals surface area (Å²) in [5, 5.41) is 2.70. The van der Waals surface area contributed by atoms with Crippen molar-refractivity contribution in [2.45, 2.75) is 16.3 Å². The first-order valence-electron chi connectivity index (χ1n) is 9.00. The molecule has 0 unspecified atom stereocenters. The van der Waals surface area contributed by atoms with Gasteiger partial charge in [-0.05, 0) is 54.1 Å². The topological polar surface area (TPSA) is 54.4 Å². The number of hydrogen-bond acceptors (Lipinski definition) is 4. The zero-order valence-corrected chi connectivity index (χ0v) is 16.2. The molecule has 4 rings (SSSR count). The van der Waals surface area contributed by atoms with Gasteiger partial charge in [0.05, 0.1) is 23.5 Å². The van der Waals surface area contributed by atoms with E-state index in [1.54, 1.807) is 25.0 Å². The van der Waals surface area contributed by atoms with E-state index in [-0.39, 0.29) is 5.91 Å². The third-order valence-corrected chi connectivity index (χ3v) is 5.52. The van der Waals surface area contributed by atoms with Crippen LogP contribution in [-0.2, 0) is 6.54 Å². The normalized spacial score (nSPS) is 12.7. The van der Waals surface area contributed by atoms with Gasteiger partial charge < -0.3 is 5.32 Å². The molecule has 2 aromatic carbocycles. The van der Waals surface area contributed by atoms with Gasteiger partial charge in [0.1, 0.15) is 0 Å². The van der Waals surface area contributed by atoms with Crippen LogP contribution in [0.4, 0.5) is 0 Å². The van der Waals surface area contributed by atoms with Gasteiger partial charge in [0.15, 0.2) is 0 Å². The molecule has 0 spiro atoms. The molecule has 0 atom stereocenters. The van der Waals surface area contributed by atoms with Crippen molar-refractivity contribution >= 4 is 29.5 Å². The molecule has 3 aromatic rings. The average Bonchev–Trinajstić information content (AvgIpc) is 3.15. The van der Waals surface area contributed by atoms with Gasteiger partial charge in [-0.2, -0.15) is 0 Å². The number of nitrogens with zero attached hydrogens (tertiary/aromatic N) is 2. The molecule has 0 fully saturated rings. The minimum atomic E-state index is -0.0745. The van der Waals surface area contributed by atoms with E-state index in [0.29, 0.717) is 12.1 Å². The Hall–Kier alpha value is -3.18. The smallest absolute Gasteiger partial charge is 0.252 e. The fourth-order valence-electron chi connectivity index (χ4n) is 3.06. The Kier molecular flexibility index (Phi) is 5.35. The van der Waals surface area contributed by atoms with Crippen LogP contribution in [0.5, 0.6) is 0 Å². The summed E-state index contributed by atoms with van der Waals surface area (Å²) in [6.45, 7) is 0.669. The predicted octanol–water partition coefficient (Wildman–Crippen LogP) is 4.61. The lowest BCUT2D eigenvalue weighted by Gasteiger charge is -2.09. The van der Waals surface area contributed by atoms with Crippen LogP contribution < -0.4 is 5.32 Å². The average molecular weight is 385 g/mol. The highest BCUT2D eigenvalue weighted by molar-refractivity contribution is 7.99. The number of fused-ring (bicyclic) bond motifs is 1. The first-order valence-corrected chi connectivity index (χ1v) is 9.82. The SMILES string of the molecule is CNC(=O)c1ccccc1Sc1ccc2c(c1)CN=C2/C=C\c1ccccn1. The standard InChI is InChI=1S/C23H19N3OS/c1-24-23(27)20-7-2-3-8-22(20)28-18-10-11-19-16(14-18)15-26-21(19)12-9-17-6-4-5-13-25-17/h2-14H,15H2,1H3,(H,24,27)/b12-9-. The summed E-state index contributed by atoms with van der Waals surface area (Å²) in [4.78, 5) is 23.1. The van der Waals surface area contributed by atoms with Crippen LogP contribution in [0.2, 0.25) is 0 Å². The molecule has 28 heavy (non-hydrogen) atoms. The number of rotatable bonds is 5. The summed E-state index contributed by atoms with van der Waals surface area (Å²) < 4.78 is 0. The van der Waals surface area contributed by atoms with Gasteiger partial charge in [0.2, 0.25) is 0 Å². The van der Waals surface area contributed by atoms with Crippen LogP contribution in [-0.4, -0.2) is 23.7 Å². The number of pyridine rings is 1. The Morgan fingerprint density at radius 3 is 2.75 bits per heavy atom. The number of carbonyl (C=O) groups excluding carboxylic acids is 1. The van der Waals surface area contributed by atoms with Crippen molar-refractivity contribution in [1.29, 1.82) is 0 Å². The van der Waals surface area contributed by atoms with Gasteiger partial charge in [-0.15, -0.1) is 0 Å².